The Bertz CT molecular complexity index is 302. The number of benzene rings is 1. The molecular formula is C13H21NO2. The number of para-hydroxylation sites is 1. The summed E-state index contributed by atoms with van der Waals surface area (Å²) in [7, 11) is 3.73. The third-order valence-electron chi connectivity index (χ3n) is 2.66. The number of nitrogens with zero attached hydrogens (tertiary/aromatic N) is 1. The highest BCUT2D eigenvalue weighted by Crippen LogP contribution is 2.18. The molecule has 0 aliphatic heterocycles. The monoisotopic (exact) mass is 223 g/mol. The van der Waals surface area contributed by atoms with E-state index in [1.807, 2.05) is 25.2 Å². The third kappa shape index (κ3) is 4.21. The van der Waals surface area contributed by atoms with Crippen LogP contribution in [-0.4, -0.2) is 43.9 Å². The molecule has 0 heterocycles. The van der Waals surface area contributed by atoms with Gasteiger partial charge < -0.3 is 14.7 Å². The minimum Gasteiger partial charge on any atom is -0.496 e. The molecule has 1 aromatic rings. The van der Waals surface area contributed by atoms with Crippen LogP contribution in [0.25, 0.3) is 0 Å². The number of aliphatic hydroxyl groups excluding tert-OH is 1. The van der Waals surface area contributed by atoms with Crippen molar-refractivity contribution >= 4 is 0 Å². The number of likely N-dealkylation sites (N-methyl/N-ethyl adjacent to an activating group) is 1. The summed E-state index contributed by atoms with van der Waals surface area (Å²) in [4.78, 5) is 2.13. The van der Waals surface area contributed by atoms with Crippen molar-refractivity contribution in [1.82, 2.24) is 4.90 Å². The molecule has 1 N–H and O–H groups in total. The first kappa shape index (κ1) is 13.0. The van der Waals surface area contributed by atoms with Gasteiger partial charge >= 0.3 is 0 Å². The van der Waals surface area contributed by atoms with Crippen LogP contribution in [0.3, 0.4) is 0 Å². The molecule has 16 heavy (non-hydrogen) atoms. The van der Waals surface area contributed by atoms with Gasteiger partial charge in [-0.15, -0.1) is 0 Å². The SMILES string of the molecule is COc1ccccc1CCCN(C)CCO. The fraction of sp³-hybridized carbons (Fsp3) is 0.538. The van der Waals surface area contributed by atoms with Crippen LogP contribution in [0.5, 0.6) is 5.75 Å². The molecule has 0 radical (unpaired) electrons. The van der Waals surface area contributed by atoms with Gasteiger partial charge in [0.1, 0.15) is 5.75 Å². The van der Waals surface area contributed by atoms with Gasteiger partial charge in [0.15, 0.2) is 0 Å². The number of hydrogen-bond acceptors (Lipinski definition) is 3. The van der Waals surface area contributed by atoms with Crippen molar-refractivity contribution in [3.8, 4) is 5.75 Å². The summed E-state index contributed by atoms with van der Waals surface area (Å²) in [5.41, 5.74) is 1.25. The van der Waals surface area contributed by atoms with Gasteiger partial charge in [-0.1, -0.05) is 18.2 Å². The van der Waals surface area contributed by atoms with Crippen LogP contribution >= 0.6 is 0 Å². The molecule has 1 aromatic carbocycles. The van der Waals surface area contributed by atoms with Gasteiger partial charge in [-0.25, -0.2) is 0 Å². The summed E-state index contributed by atoms with van der Waals surface area (Å²) < 4.78 is 5.30. The molecule has 0 unspecified atom stereocenters. The summed E-state index contributed by atoms with van der Waals surface area (Å²) in [6.07, 6.45) is 2.09. The van der Waals surface area contributed by atoms with E-state index in [4.69, 9.17) is 9.84 Å². The molecule has 0 bridgehead atoms. The molecule has 90 valence electrons. The predicted molar refractivity (Wildman–Crippen MR) is 65.9 cm³/mol. The van der Waals surface area contributed by atoms with E-state index >= 15 is 0 Å². The Hall–Kier alpha value is -1.06. The topological polar surface area (TPSA) is 32.7 Å². The Morgan fingerprint density at radius 3 is 2.69 bits per heavy atom. The molecular weight excluding hydrogens is 202 g/mol. The normalized spacial score (nSPS) is 10.8. The first-order chi connectivity index (χ1) is 7.77. The average Bonchev–Trinajstić information content (AvgIpc) is 2.30. The number of aryl methyl sites for hydroxylation is 1. The number of methoxy groups -OCH3 is 1. The average molecular weight is 223 g/mol. The largest absolute Gasteiger partial charge is 0.496 e. The molecule has 0 spiro atoms. The van der Waals surface area contributed by atoms with Crippen molar-refractivity contribution in [2.45, 2.75) is 12.8 Å². The van der Waals surface area contributed by atoms with Gasteiger partial charge in [0.25, 0.3) is 0 Å². The maximum Gasteiger partial charge on any atom is 0.122 e. The van der Waals surface area contributed by atoms with E-state index in [1.165, 1.54) is 5.56 Å². The molecule has 3 heteroatoms. The number of ether oxygens (including phenoxy) is 1. The zero-order chi connectivity index (χ0) is 11.8. The highest BCUT2D eigenvalue weighted by atomic mass is 16.5. The maximum atomic E-state index is 8.77. The number of rotatable bonds is 7. The number of hydrogen-bond donors (Lipinski definition) is 1. The lowest BCUT2D eigenvalue weighted by Gasteiger charge is -2.15. The highest BCUT2D eigenvalue weighted by molar-refractivity contribution is 5.33. The van der Waals surface area contributed by atoms with Gasteiger partial charge in [0, 0.05) is 6.54 Å². The lowest BCUT2D eigenvalue weighted by Crippen LogP contribution is -2.23. The fourth-order valence-electron chi connectivity index (χ4n) is 1.73. The van der Waals surface area contributed by atoms with E-state index in [0.29, 0.717) is 0 Å². The third-order valence-corrected chi connectivity index (χ3v) is 2.66. The zero-order valence-corrected chi connectivity index (χ0v) is 10.1. The molecule has 0 amide bonds. The molecule has 1 rings (SSSR count). The van der Waals surface area contributed by atoms with Gasteiger partial charge in [0.05, 0.1) is 13.7 Å². The van der Waals surface area contributed by atoms with Crippen LogP contribution in [-0.2, 0) is 6.42 Å². The second-order valence-corrected chi connectivity index (χ2v) is 3.94. The van der Waals surface area contributed by atoms with Crippen molar-refractivity contribution in [3.05, 3.63) is 29.8 Å². The molecule has 0 atom stereocenters. The molecule has 0 saturated carbocycles. The van der Waals surface area contributed by atoms with Crippen LogP contribution in [0, 0.1) is 0 Å². The van der Waals surface area contributed by atoms with Crippen LogP contribution in [0.15, 0.2) is 24.3 Å². The number of aliphatic hydroxyl groups is 1. The Morgan fingerprint density at radius 1 is 1.25 bits per heavy atom. The van der Waals surface area contributed by atoms with Crippen LogP contribution in [0.4, 0.5) is 0 Å². The molecule has 0 aromatic heterocycles. The van der Waals surface area contributed by atoms with E-state index < -0.39 is 0 Å². The molecule has 0 aliphatic rings. The Kier molecular flexibility index (Phi) is 5.90. The van der Waals surface area contributed by atoms with E-state index in [2.05, 4.69) is 11.0 Å². The summed E-state index contributed by atoms with van der Waals surface area (Å²) in [6, 6.07) is 8.12. The smallest absolute Gasteiger partial charge is 0.122 e. The van der Waals surface area contributed by atoms with Crippen molar-refractivity contribution in [2.24, 2.45) is 0 Å². The van der Waals surface area contributed by atoms with E-state index in [0.717, 1.165) is 31.7 Å². The quantitative estimate of drug-likeness (QED) is 0.761. The second-order valence-electron chi connectivity index (χ2n) is 3.94. The summed E-state index contributed by atoms with van der Waals surface area (Å²) in [5.74, 6) is 0.965. The molecule has 0 fully saturated rings. The Morgan fingerprint density at radius 2 is 2.00 bits per heavy atom. The molecule has 0 aliphatic carbocycles. The molecule has 0 saturated heterocycles. The second kappa shape index (κ2) is 7.25. The van der Waals surface area contributed by atoms with Crippen molar-refractivity contribution < 1.29 is 9.84 Å². The van der Waals surface area contributed by atoms with Gasteiger partial charge in [-0.2, -0.15) is 0 Å². The van der Waals surface area contributed by atoms with Gasteiger partial charge in [0.2, 0.25) is 0 Å². The van der Waals surface area contributed by atoms with E-state index in [1.54, 1.807) is 7.11 Å². The standard InChI is InChI=1S/C13H21NO2/c1-14(10-11-15)9-5-7-12-6-3-4-8-13(12)16-2/h3-4,6,8,15H,5,7,9-11H2,1-2H3. The minimum atomic E-state index is 0.227. The van der Waals surface area contributed by atoms with Gasteiger partial charge in [-0.05, 0) is 38.1 Å². The lowest BCUT2D eigenvalue weighted by molar-refractivity contribution is 0.220. The van der Waals surface area contributed by atoms with Crippen LogP contribution in [0.1, 0.15) is 12.0 Å². The Labute approximate surface area is 97.7 Å². The predicted octanol–water partition coefficient (Wildman–Crippen LogP) is 1.55. The van der Waals surface area contributed by atoms with E-state index in [-0.39, 0.29) is 6.61 Å². The van der Waals surface area contributed by atoms with Gasteiger partial charge in [-0.3, -0.25) is 0 Å². The maximum absolute atomic E-state index is 8.77. The summed E-state index contributed by atoms with van der Waals surface area (Å²) in [6.45, 7) is 1.97. The Balaban J connectivity index is 2.36. The minimum absolute atomic E-state index is 0.227. The van der Waals surface area contributed by atoms with Crippen LogP contribution < -0.4 is 4.74 Å². The summed E-state index contributed by atoms with van der Waals surface area (Å²) in [5, 5.41) is 8.77. The van der Waals surface area contributed by atoms with Crippen LogP contribution in [0.2, 0.25) is 0 Å². The lowest BCUT2D eigenvalue weighted by atomic mass is 10.1. The fourth-order valence-corrected chi connectivity index (χ4v) is 1.73. The van der Waals surface area contributed by atoms with Crippen molar-refractivity contribution in [3.63, 3.8) is 0 Å². The first-order valence-electron chi connectivity index (χ1n) is 5.69. The zero-order valence-electron chi connectivity index (χ0n) is 10.1. The van der Waals surface area contributed by atoms with Crippen molar-refractivity contribution in [1.29, 1.82) is 0 Å². The summed E-state index contributed by atoms with van der Waals surface area (Å²) >= 11 is 0. The van der Waals surface area contributed by atoms with Crippen molar-refractivity contribution in [2.75, 3.05) is 33.9 Å². The van der Waals surface area contributed by atoms with E-state index in [9.17, 15) is 0 Å². The first-order valence-corrected chi connectivity index (χ1v) is 5.69. The molecule has 3 nitrogen and oxygen atoms in total. The highest BCUT2D eigenvalue weighted by Gasteiger charge is 2.02.